The summed E-state index contributed by atoms with van der Waals surface area (Å²) < 4.78 is 0. The Morgan fingerprint density at radius 2 is 1.85 bits per heavy atom. The van der Waals surface area contributed by atoms with Gasteiger partial charge >= 0.3 is 0 Å². The maximum Gasteiger partial charge on any atom is 0.0249 e. The molecule has 1 aliphatic heterocycles. The van der Waals surface area contributed by atoms with E-state index in [-0.39, 0.29) is 0 Å². The number of hydrogen-bond donors (Lipinski definition) is 1. The quantitative estimate of drug-likeness (QED) is 0.839. The van der Waals surface area contributed by atoms with Gasteiger partial charge in [0.2, 0.25) is 0 Å². The maximum absolute atomic E-state index is 3.94. The Balaban J connectivity index is 1.75. The molecular weight excluding hydrogens is 242 g/mol. The van der Waals surface area contributed by atoms with Crippen LogP contribution in [0.4, 0.5) is 0 Å². The Morgan fingerprint density at radius 3 is 2.50 bits per heavy atom. The second-order valence-corrected chi connectivity index (χ2v) is 7.24. The van der Waals surface area contributed by atoms with Crippen LogP contribution in [0, 0.1) is 5.92 Å². The first-order chi connectivity index (χ1) is 9.70. The summed E-state index contributed by atoms with van der Waals surface area (Å²) in [7, 11) is 0. The minimum atomic E-state index is 0.413. The molecule has 1 heterocycles. The third kappa shape index (κ3) is 3.09. The van der Waals surface area contributed by atoms with Crippen molar-refractivity contribution in [2.24, 2.45) is 5.92 Å². The Labute approximate surface area is 124 Å². The van der Waals surface area contributed by atoms with E-state index in [2.05, 4.69) is 43.4 Å². The van der Waals surface area contributed by atoms with Gasteiger partial charge in [0.15, 0.2) is 0 Å². The fourth-order valence-corrected chi connectivity index (χ4v) is 3.83. The molecule has 1 N–H and O–H groups in total. The lowest BCUT2D eigenvalue weighted by atomic mass is 9.82. The monoisotopic (exact) mass is 271 g/mol. The van der Waals surface area contributed by atoms with Gasteiger partial charge in [-0.2, -0.15) is 0 Å². The van der Waals surface area contributed by atoms with Crippen molar-refractivity contribution >= 4 is 0 Å². The molecule has 20 heavy (non-hydrogen) atoms. The molecular formula is C19H29N. The summed E-state index contributed by atoms with van der Waals surface area (Å²) in [5, 5.41) is 3.94. The molecule has 0 amide bonds. The van der Waals surface area contributed by atoms with Gasteiger partial charge in [0.1, 0.15) is 0 Å². The van der Waals surface area contributed by atoms with Crippen LogP contribution in [0.2, 0.25) is 0 Å². The zero-order chi connectivity index (χ0) is 14.0. The minimum absolute atomic E-state index is 0.413. The first-order valence-corrected chi connectivity index (χ1v) is 8.53. The van der Waals surface area contributed by atoms with Crippen molar-refractivity contribution in [3.8, 4) is 0 Å². The fourth-order valence-electron chi connectivity index (χ4n) is 3.83. The van der Waals surface area contributed by atoms with Crippen molar-refractivity contribution in [1.29, 1.82) is 0 Å². The van der Waals surface area contributed by atoms with Crippen molar-refractivity contribution in [1.82, 2.24) is 5.32 Å². The lowest BCUT2D eigenvalue weighted by molar-refractivity contribution is 0.271. The molecule has 3 rings (SSSR count). The molecule has 1 unspecified atom stereocenters. The molecule has 2 fully saturated rings. The SMILES string of the molecule is CC(C)c1ccc(CC2(C3CC3)CCCCCN2)cc1. The largest absolute Gasteiger partial charge is 0.311 e. The van der Waals surface area contributed by atoms with Crippen molar-refractivity contribution in [2.75, 3.05) is 6.54 Å². The average Bonchev–Trinajstić information content (AvgIpc) is 3.27. The topological polar surface area (TPSA) is 12.0 Å². The molecule has 1 aliphatic carbocycles. The van der Waals surface area contributed by atoms with Gasteiger partial charge in [-0.1, -0.05) is 51.0 Å². The van der Waals surface area contributed by atoms with Gasteiger partial charge < -0.3 is 5.32 Å². The molecule has 1 aromatic rings. The summed E-state index contributed by atoms with van der Waals surface area (Å²) in [4.78, 5) is 0. The van der Waals surface area contributed by atoms with Gasteiger partial charge in [-0.15, -0.1) is 0 Å². The second-order valence-electron chi connectivity index (χ2n) is 7.24. The summed E-state index contributed by atoms with van der Waals surface area (Å²) in [6.45, 7) is 5.77. The van der Waals surface area contributed by atoms with Crippen LogP contribution >= 0.6 is 0 Å². The van der Waals surface area contributed by atoms with Crippen LogP contribution in [0.15, 0.2) is 24.3 Å². The standard InChI is InChI=1S/C19H29N/c1-15(2)17-8-6-16(7-9-17)14-19(18-10-11-18)12-4-3-5-13-20-19/h6-9,15,18,20H,3-5,10-14H2,1-2H3. The van der Waals surface area contributed by atoms with Crippen molar-refractivity contribution in [2.45, 2.75) is 70.3 Å². The highest BCUT2D eigenvalue weighted by Gasteiger charge is 2.44. The number of benzene rings is 1. The Kier molecular flexibility index (Phi) is 4.16. The zero-order valence-corrected chi connectivity index (χ0v) is 13.1. The van der Waals surface area contributed by atoms with Gasteiger partial charge in [0, 0.05) is 5.54 Å². The van der Waals surface area contributed by atoms with E-state index in [4.69, 9.17) is 0 Å². The summed E-state index contributed by atoms with van der Waals surface area (Å²) in [6, 6.07) is 9.40. The first-order valence-electron chi connectivity index (χ1n) is 8.53. The van der Waals surface area contributed by atoms with Crippen molar-refractivity contribution in [3.05, 3.63) is 35.4 Å². The molecule has 0 bridgehead atoms. The Bertz CT molecular complexity index is 420. The number of hydrogen-bond acceptors (Lipinski definition) is 1. The third-order valence-electron chi connectivity index (χ3n) is 5.30. The third-order valence-corrected chi connectivity index (χ3v) is 5.30. The number of rotatable bonds is 4. The van der Waals surface area contributed by atoms with Gasteiger partial charge in [0.25, 0.3) is 0 Å². The van der Waals surface area contributed by atoms with E-state index < -0.39 is 0 Å². The Hall–Kier alpha value is -0.820. The van der Waals surface area contributed by atoms with Gasteiger partial charge in [-0.05, 0) is 61.6 Å². The molecule has 0 aromatic heterocycles. The van der Waals surface area contributed by atoms with E-state index >= 15 is 0 Å². The highest BCUT2D eigenvalue weighted by atomic mass is 15.0. The molecule has 1 heteroatoms. The molecule has 2 aliphatic rings. The summed E-state index contributed by atoms with van der Waals surface area (Å²) >= 11 is 0. The molecule has 110 valence electrons. The van der Waals surface area contributed by atoms with Gasteiger partial charge in [0.05, 0.1) is 0 Å². The molecule has 1 atom stereocenters. The number of nitrogens with one attached hydrogen (secondary N) is 1. The van der Waals surface area contributed by atoms with Crippen LogP contribution in [-0.2, 0) is 6.42 Å². The summed E-state index contributed by atoms with van der Waals surface area (Å²) in [6.07, 6.45) is 9.68. The summed E-state index contributed by atoms with van der Waals surface area (Å²) in [5.41, 5.74) is 3.40. The van der Waals surface area contributed by atoms with E-state index in [0.717, 1.165) is 5.92 Å². The molecule has 0 radical (unpaired) electrons. The molecule has 0 spiro atoms. The molecule has 1 saturated carbocycles. The maximum atomic E-state index is 3.94. The lowest BCUT2D eigenvalue weighted by Gasteiger charge is -2.34. The van der Waals surface area contributed by atoms with E-state index in [1.807, 2.05) is 0 Å². The fraction of sp³-hybridized carbons (Fsp3) is 0.684. The van der Waals surface area contributed by atoms with E-state index in [9.17, 15) is 0 Å². The van der Waals surface area contributed by atoms with E-state index in [1.165, 1.54) is 62.6 Å². The van der Waals surface area contributed by atoms with Crippen LogP contribution in [0.3, 0.4) is 0 Å². The molecule has 1 nitrogen and oxygen atoms in total. The second kappa shape index (κ2) is 5.89. The summed E-state index contributed by atoms with van der Waals surface area (Å²) in [5.74, 6) is 1.57. The van der Waals surface area contributed by atoms with Crippen LogP contribution < -0.4 is 5.32 Å². The van der Waals surface area contributed by atoms with Gasteiger partial charge in [-0.3, -0.25) is 0 Å². The predicted octanol–water partition coefficient (Wildman–Crippen LogP) is 4.66. The van der Waals surface area contributed by atoms with Crippen molar-refractivity contribution < 1.29 is 0 Å². The molecule has 1 saturated heterocycles. The average molecular weight is 271 g/mol. The van der Waals surface area contributed by atoms with Gasteiger partial charge in [-0.25, -0.2) is 0 Å². The lowest BCUT2D eigenvalue weighted by Crippen LogP contribution is -2.48. The van der Waals surface area contributed by atoms with E-state index in [0.29, 0.717) is 11.5 Å². The zero-order valence-electron chi connectivity index (χ0n) is 13.1. The smallest absolute Gasteiger partial charge is 0.0249 e. The highest BCUT2D eigenvalue weighted by Crippen LogP contribution is 2.45. The normalized spacial score (nSPS) is 27.6. The van der Waals surface area contributed by atoms with Crippen LogP contribution in [-0.4, -0.2) is 12.1 Å². The Morgan fingerprint density at radius 1 is 1.10 bits per heavy atom. The minimum Gasteiger partial charge on any atom is -0.311 e. The predicted molar refractivity (Wildman–Crippen MR) is 86.2 cm³/mol. The van der Waals surface area contributed by atoms with Crippen molar-refractivity contribution in [3.63, 3.8) is 0 Å². The highest BCUT2D eigenvalue weighted by molar-refractivity contribution is 5.27. The van der Waals surface area contributed by atoms with Crippen LogP contribution in [0.5, 0.6) is 0 Å². The first kappa shape index (κ1) is 14.1. The molecule has 1 aromatic carbocycles. The van der Waals surface area contributed by atoms with Crippen LogP contribution in [0.25, 0.3) is 0 Å². The van der Waals surface area contributed by atoms with E-state index in [1.54, 1.807) is 0 Å². The van der Waals surface area contributed by atoms with Crippen LogP contribution in [0.1, 0.15) is 69.4 Å².